The lowest BCUT2D eigenvalue weighted by Gasteiger charge is -2.10. The van der Waals surface area contributed by atoms with Crippen molar-refractivity contribution in [1.29, 1.82) is 0 Å². The van der Waals surface area contributed by atoms with Crippen molar-refractivity contribution < 1.29 is 12.8 Å². The first-order chi connectivity index (χ1) is 7.96. The Bertz CT molecular complexity index is 557. The van der Waals surface area contributed by atoms with E-state index in [9.17, 15) is 12.8 Å². The Hall–Kier alpha value is -0.720. The van der Waals surface area contributed by atoms with E-state index in [1.807, 2.05) is 0 Å². The molecule has 0 radical (unpaired) electrons. The molecule has 0 spiro atoms. The number of rotatable bonds is 3. The summed E-state index contributed by atoms with van der Waals surface area (Å²) in [7, 11) is -3.06. The second kappa shape index (κ2) is 4.88. The lowest BCUT2D eigenvalue weighted by molar-refractivity contribution is 0.568. The summed E-state index contributed by atoms with van der Waals surface area (Å²) in [5.41, 5.74) is 0.519. The fourth-order valence-electron chi connectivity index (χ4n) is 1.61. The van der Waals surface area contributed by atoms with Crippen LogP contribution >= 0.6 is 15.9 Å². The normalized spacial score (nSPS) is 21.9. The first-order valence-electron chi connectivity index (χ1n) is 5.04. The Morgan fingerprint density at radius 1 is 1.47 bits per heavy atom. The number of benzene rings is 1. The van der Waals surface area contributed by atoms with Crippen molar-refractivity contribution in [3.63, 3.8) is 0 Å². The average molecular weight is 320 g/mol. The summed E-state index contributed by atoms with van der Waals surface area (Å²) in [4.78, 5) is 0. The molecule has 1 aromatic rings. The van der Waals surface area contributed by atoms with E-state index >= 15 is 0 Å². The second-order valence-corrected chi connectivity index (χ2v) is 6.73. The van der Waals surface area contributed by atoms with E-state index in [-0.39, 0.29) is 17.6 Å². The van der Waals surface area contributed by atoms with Crippen LogP contribution in [0.15, 0.2) is 34.2 Å². The highest BCUT2D eigenvalue weighted by molar-refractivity contribution is 9.10. The Morgan fingerprint density at radius 3 is 2.82 bits per heavy atom. The van der Waals surface area contributed by atoms with Crippen molar-refractivity contribution in [2.24, 2.45) is 0 Å². The van der Waals surface area contributed by atoms with Gasteiger partial charge in [-0.25, -0.2) is 12.8 Å². The lowest BCUT2D eigenvalue weighted by atomic mass is 10.2. The van der Waals surface area contributed by atoms with Crippen LogP contribution in [0.3, 0.4) is 0 Å². The zero-order chi connectivity index (χ0) is 12.5. The Morgan fingerprint density at radius 2 is 2.24 bits per heavy atom. The third-order valence-electron chi connectivity index (χ3n) is 2.50. The van der Waals surface area contributed by atoms with Crippen molar-refractivity contribution >= 4 is 25.8 Å². The third kappa shape index (κ3) is 3.37. The predicted octanol–water partition coefficient (Wildman–Crippen LogP) is 1.99. The maximum atomic E-state index is 13.5. The van der Waals surface area contributed by atoms with Crippen LogP contribution in [0.2, 0.25) is 0 Å². The van der Waals surface area contributed by atoms with Crippen LogP contribution in [0.1, 0.15) is 5.56 Å². The molecule has 3 nitrogen and oxygen atoms in total. The van der Waals surface area contributed by atoms with E-state index < -0.39 is 9.84 Å². The SMILES string of the molecule is O=S1(=O)C=CC(NCc2ccc(Br)cc2F)C1. The molecule has 0 saturated carbocycles. The standard InChI is InChI=1S/C11H11BrFNO2S/c12-9-2-1-8(11(13)5-9)6-14-10-3-4-17(15,16)7-10/h1-5,10,14H,6-7H2. The summed E-state index contributed by atoms with van der Waals surface area (Å²) < 4.78 is 36.5. The van der Waals surface area contributed by atoms with Crippen molar-refractivity contribution in [2.75, 3.05) is 5.75 Å². The van der Waals surface area contributed by atoms with Gasteiger partial charge < -0.3 is 5.32 Å². The summed E-state index contributed by atoms with van der Waals surface area (Å²) in [6.45, 7) is 0.309. The third-order valence-corrected chi connectivity index (χ3v) is 4.39. The van der Waals surface area contributed by atoms with E-state index in [4.69, 9.17) is 0 Å². The summed E-state index contributed by atoms with van der Waals surface area (Å²) in [6, 6.07) is 4.57. The first kappa shape index (κ1) is 12.7. The van der Waals surface area contributed by atoms with E-state index in [1.54, 1.807) is 18.2 Å². The van der Waals surface area contributed by atoms with Crippen LogP contribution in [0.4, 0.5) is 4.39 Å². The molecule has 0 fully saturated rings. The van der Waals surface area contributed by atoms with Crippen molar-refractivity contribution in [3.05, 3.63) is 45.5 Å². The number of sulfone groups is 1. The van der Waals surface area contributed by atoms with Gasteiger partial charge in [-0.1, -0.05) is 28.1 Å². The van der Waals surface area contributed by atoms with Gasteiger partial charge in [0.05, 0.1) is 5.75 Å². The topological polar surface area (TPSA) is 46.2 Å². The van der Waals surface area contributed by atoms with Gasteiger partial charge in [0, 0.05) is 28.0 Å². The minimum atomic E-state index is -3.06. The molecule has 17 heavy (non-hydrogen) atoms. The number of nitrogens with one attached hydrogen (secondary N) is 1. The quantitative estimate of drug-likeness (QED) is 0.926. The number of halogens is 2. The Kier molecular flexibility index (Phi) is 3.65. The van der Waals surface area contributed by atoms with Crippen LogP contribution in [-0.4, -0.2) is 20.2 Å². The molecule has 1 unspecified atom stereocenters. The molecule has 1 N–H and O–H groups in total. The van der Waals surface area contributed by atoms with Crippen LogP contribution in [-0.2, 0) is 16.4 Å². The average Bonchev–Trinajstić information content (AvgIpc) is 2.57. The molecule has 6 heteroatoms. The molecular formula is C11H11BrFNO2S. The van der Waals surface area contributed by atoms with E-state index in [0.717, 1.165) is 0 Å². The van der Waals surface area contributed by atoms with Gasteiger partial charge in [0.1, 0.15) is 5.82 Å². The fourth-order valence-corrected chi connectivity index (χ4v) is 3.21. The van der Waals surface area contributed by atoms with E-state index in [1.165, 1.54) is 11.5 Å². The van der Waals surface area contributed by atoms with Gasteiger partial charge in [0.2, 0.25) is 0 Å². The summed E-state index contributed by atoms with van der Waals surface area (Å²) in [5.74, 6) is -0.262. The molecule has 1 aliphatic heterocycles. The smallest absolute Gasteiger partial charge is 0.173 e. The van der Waals surface area contributed by atoms with Crippen molar-refractivity contribution in [2.45, 2.75) is 12.6 Å². The molecule has 1 atom stereocenters. The molecular weight excluding hydrogens is 309 g/mol. The molecule has 1 aliphatic rings. The molecule has 0 aromatic heterocycles. The molecule has 2 rings (SSSR count). The van der Waals surface area contributed by atoms with Gasteiger partial charge in [0.15, 0.2) is 9.84 Å². The maximum absolute atomic E-state index is 13.5. The van der Waals surface area contributed by atoms with Crippen LogP contribution < -0.4 is 5.32 Å². The monoisotopic (exact) mass is 319 g/mol. The molecule has 0 saturated heterocycles. The minimum Gasteiger partial charge on any atom is -0.305 e. The van der Waals surface area contributed by atoms with Gasteiger partial charge in [-0.3, -0.25) is 0 Å². The molecule has 0 bridgehead atoms. The number of hydrogen-bond donors (Lipinski definition) is 1. The first-order valence-corrected chi connectivity index (χ1v) is 7.55. The van der Waals surface area contributed by atoms with Crippen molar-refractivity contribution in [3.8, 4) is 0 Å². The van der Waals surface area contributed by atoms with Gasteiger partial charge in [-0.15, -0.1) is 0 Å². The largest absolute Gasteiger partial charge is 0.305 e. The summed E-state index contributed by atoms with van der Waals surface area (Å²) >= 11 is 3.18. The Labute approximate surface area is 108 Å². The highest BCUT2D eigenvalue weighted by atomic mass is 79.9. The summed E-state index contributed by atoms with van der Waals surface area (Å²) in [6.07, 6.45) is 1.59. The maximum Gasteiger partial charge on any atom is 0.173 e. The van der Waals surface area contributed by atoms with E-state index in [2.05, 4.69) is 21.2 Å². The second-order valence-electron chi connectivity index (χ2n) is 3.88. The molecule has 1 aromatic carbocycles. The minimum absolute atomic E-state index is 0.0468. The van der Waals surface area contributed by atoms with Gasteiger partial charge in [-0.2, -0.15) is 0 Å². The van der Waals surface area contributed by atoms with Crippen LogP contribution in [0.25, 0.3) is 0 Å². The van der Waals surface area contributed by atoms with E-state index in [0.29, 0.717) is 16.6 Å². The molecule has 92 valence electrons. The summed E-state index contributed by atoms with van der Waals surface area (Å²) in [5, 5.41) is 4.19. The van der Waals surface area contributed by atoms with Crippen LogP contribution in [0.5, 0.6) is 0 Å². The molecule has 0 aliphatic carbocycles. The zero-order valence-electron chi connectivity index (χ0n) is 8.86. The molecule has 1 heterocycles. The lowest BCUT2D eigenvalue weighted by Crippen LogP contribution is -2.29. The predicted molar refractivity (Wildman–Crippen MR) is 67.7 cm³/mol. The fraction of sp³-hybridized carbons (Fsp3) is 0.273. The van der Waals surface area contributed by atoms with Gasteiger partial charge in [0.25, 0.3) is 0 Å². The Balaban J connectivity index is 1.97. The van der Waals surface area contributed by atoms with Gasteiger partial charge in [-0.05, 0) is 12.1 Å². The zero-order valence-corrected chi connectivity index (χ0v) is 11.3. The highest BCUT2D eigenvalue weighted by Crippen LogP contribution is 2.16. The van der Waals surface area contributed by atoms with Gasteiger partial charge >= 0.3 is 0 Å². The van der Waals surface area contributed by atoms with Crippen LogP contribution in [0, 0.1) is 5.82 Å². The van der Waals surface area contributed by atoms with Crippen molar-refractivity contribution in [1.82, 2.24) is 5.32 Å². The highest BCUT2D eigenvalue weighted by Gasteiger charge is 2.21. The number of hydrogen-bond acceptors (Lipinski definition) is 3. The molecule has 0 amide bonds.